The van der Waals surface area contributed by atoms with Gasteiger partial charge in [-0.2, -0.15) is 0 Å². The summed E-state index contributed by atoms with van der Waals surface area (Å²) >= 11 is 1.85. The Morgan fingerprint density at radius 3 is 2.06 bits per heavy atom. The molecule has 9 aromatic rings. The average Bonchev–Trinajstić information content (AvgIpc) is 3.77. The van der Waals surface area contributed by atoms with E-state index in [0.717, 1.165) is 55.6 Å². The molecular weight excluding hydrogens is 631 g/mol. The van der Waals surface area contributed by atoms with E-state index in [1.807, 2.05) is 35.6 Å². The van der Waals surface area contributed by atoms with Gasteiger partial charge in [-0.1, -0.05) is 140 Å². The lowest BCUT2D eigenvalue weighted by atomic mass is 9.98. The molecule has 0 aliphatic carbocycles. The molecule has 5 heteroatoms. The van der Waals surface area contributed by atoms with Gasteiger partial charge in [0.05, 0.1) is 0 Å². The molecule has 0 saturated heterocycles. The molecule has 1 N–H and O–H groups in total. The monoisotopic (exact) mass is 659 g/mol. The SMILES string of the molecule is c1ccc(-c2ccc(C3=NC(c4ccccc4)NC(c4cccc5oc6ccc(-c7cccc8c7sc7ccccc78)cc6c45)=N3)cc2)cc1. The van der Waals surface area contributed by atoms with E-state index in [4.69, 9.17) is 14.4 Å². The van der Waals surface area contributed by atoms with Crippen LogP contribution in [0, 0.1) is 0 Å². The lowest BCUT2D eigenvalue weighted by Gasteiger charge is -2.24. The Morgan fingerprint density at radius 1 is 0.520 bits per heavy atom. The summed E-state index contributed by atoms with van der Waals surface area (Å²) in [5.74, 6) is 1.45. The van der Waals surface area contributed by atoms with Gasteiger partial charge in [-0.15, -0.1) is 11.3 Å². The van der Waals surface area contributed by atoms with Crippen molar-refractivity contribution in [2.45, 2.75) is 6.17 Å². The summed E-state index contributed by atoms with van der Waals surface area (Å²) in [5, 5.41) is 8.36. The summed E-state index contributed by atoms with van der Waals surface area (Å²) in [7, 11) is 0. The van der Waals surface area contributed by atoms with Crippen LogP contribution in [-0.4, -0.2) is 11.7 Å². The maximum atomic E-state index is 6.48. The van der Waals surface area contributed by atoms with Crippen molar-refractivity contribution < 1.29 is 4.42 Å². The minimum Gasteiger partial charge on any atom is -0.456 e. The Labute approximate surface area is 292 Å². The van der Waals surface area contributed by atoms with Gasteiger partial charge in [-0.3, -0.25) is 0 Å². The maximum Gasteiger partial charge on any atom is 0.159 e. The number of nitrogens with one attached hydrogen (secondary N) is 1. The second-order valence-electron chi connectivity index (χ2n) is 12.6. The molecule has 1 aliphatic heterocycles. The van der Waals surface area contributed by atoms with Gasteiger partial charge < -0.3 is 9.73 Å². The number of fused-ring (bicyclic) bond motifs is 6. The van der Waals surface area contributed by atoms with Crippen LogP contribution in [0.1, 0.15) is 22.9 Å². The van der Waals surface area contributed by atoms with E-state index in [1.165, 1.54) is 31.3 Å². The molecule has 50 heavy (non-hydrogen) atoms. The highest BCUT2D eigenvalue weighted by atomic mass is 32.1. The predicted molar refractivity (Wildman–Crippen MR) is 209 cm³/mol. The van der Waals surface area contributed by atoms with Crippen LogP contribution in [0.2, 0.25) is 0 Å². The number of hydrogen-bond donors (Lipinski definition) is 1. The van der Waals surface area contributed by atoms with Crippen LogP contribution in [0.5, 0.6) is 0 Å². The van der Waals surface area contributed by atoms with Crippen LogP contribution in [-0.2, 0) is 0 Å². The highest BCUT2D eigenvalue weighted by molar-refractivity contribution is 7.26. The van der Waals surface area contributed by atoms with E-state index >= 15 is 0 Å². The van der Waals surface area contributed by atoms with Gasteiger partial charge in [0.2, 0.25) is 0 Å². The minimum absolute atomic E-state index is 0.304. The standard InChI is InChI=1S/C45H29N3OS/c1-3-11-28(12-4-1)29-21-23-31(24-22-29)44-46-43(30-13-5-2-6-14-30)47-45(48-44)36-18-10-19-39-41(36)37-27-32(25-26-38(37)49-39)33-16-9-17-35-34-15-7-8-20-40(34)50-42(33)35/h1-27,43H,(H,46,47,48). The zero-order valence-electron chi connectivity index (χ0n) is 26.9. The number of aliphatic imine (C=N–C) groups is 2. The summed E-state index contributed by atoms with van der Waals surface area (Å²) in [6.45, 7) is 0. The molecule has 4 nitrogen and oxygen atoms in total. The fraction of sp³-hybridized carbons (Fsp3) is 0.0222. The zero-order chi connectivity index (χ0) is 33.0. The maximum absolute atomic E-state index is 6.48. The molecule has 0 radical (unpaired) electrons. The highest BCUT2D eigenvalue weighted by Gasteiger charge is 2.24. The first kappa shape index (κ1) is 28.7. The lowest BCUT2D eigenvalue weighted by molar-refractivity contribution is 0.668. The van der Waals surface area contributed by atoms with Crippen LogP contribution in [0.4, 0.5) is 0 Å². The van der Waals surface area contributed by atoms with E-state index in [2.05, 4.69) is 145 Å². The van der Waals surface area contributed by atoms with Crippen molar-refractivity contribution >= 4 is 65.1 Å². The largest absolute Gasteiger partial charge is 0.456 e. The predicted octanol–water partition coefficient (Wildman–Crippen LogP) is 11.8. The molecule has 10 rings (SSSR count). The zero-order valence-corrected chi connectivity index (χ0v) is 27.7. The Balaban J connectivity index is 1.12. The Hall–Kier alpha value is -6.30. The first-order valence-corrected chi connectivity index (χ1v) is 17.6. The lowest BCUT2D eigenvalue weighted by Crippen LogP contribution is -2.33. The Kier molecular flexibility index (Phi) is 6.71. The molecule has 0 saturated carbocycles. The van der Waals surface area contributed by atoms with Crippen molar-refractivity contribution in [1.82, 2.24) is 5.32 Å². The Morgan fingerprint density at radius 2 is 1.20 bits per heavy atom. The molecule has 0 bridgehead atoms. The minimum atomic E-state index is -0.304. The first-order chi connectivity index (χ1) is 24.8. The molecule has 2 aromatic heterocycles. The third-order valence-electron chi connectivity index (χ3n) is 9.57. The van der Waals surface area contributed by atoms with Gasteiger partial charge in [0.1, 0.15) is 23.2 Å². The fourth-order valence-corrected chi connectivity index (χ4v) is 8.37. The van der Waals surface area contributed by atoms with Gasteiger partial charge in [-0.05, 0) is 52.1 Å². The van der Waals surface area contributed by atoms with Gasteiger partial charge >= 0.3 is 0 Å². The van der Waals surface area contributed by atoms with Gasteiger partial charge in [-0.25, -0.2) is 9.98 Å². The second kappa shape index (κ2) is 11.7. The van der Waals surface area contributed by atoms with Crippen molar-refractivity contribution in [3.8, 4) is 22.3 Å². The smallest absolute Gasteiger partial charge is 0.159 e. The van der Waals surface area contributed by atoms with Crippen LogP contribution >= 0.6 is 11.3 Å². The van der Waals surface area contributed by atoms with E-state index < -0.39 is 0 Å². The van der Waals surface area contributed by atoms with Crippen molar-refractivity contribution in [1.29, 1.82) is 0 Å². The van der Waals surface area contributed by atoms with Gasteiger partial charge in [0, 0.05) is 42.1 Å². The van der Waals surface area contributed by atoms with Crippen LogP contribution in [0.15, 0.2) is 178 Å². The number of nitrogens with zero attached hydrogens (tertiary/aromatic N) is 2. The van der Waals surface area contributed by atoms with Gasteiger partial charge in [0.25, 0.3) is 0 Å². The summed E-state index contributed by atoms with van der Waals surface area (Å²) in [6.07, 6.45) is -0.304. The first-order valence-electron chi connectivity index (χ1n) is 16.8. The van der Waals surface area contributed by atoms with Gasteiger partial charge in [0.15, 0.2) is 5.84 Å². The molecule has 1 atom stereocenters. The quantitative estimate of drug-likeness (QED) is 0.200. The summed E-state index contributed by atoms with van der Waals surface area (Å²) in [6, 6.07) is 57.3. The second-order valence-corrected chi connectivity index (χ2v) is 13.6. The number of furan rings is 1. The molecule has 1 aliphatic rings. The number of hydrogen-bond acceptors (Lipinski definition) is 5. The molecule has 236 valence electrons. The van der Waals surface area contributed by atoms with E-state index in [-0.39, 0.29) is 6.17 Å². The normalized spacial score (nSPS) is 14.6. The number of amidine groups is 2. The number of benzene rings is 7. The average molecular weight is 660 g/mol. The van der Waals surface area contributed by atoms with Crippen molar-refractivity contribution in [3.05, 3.63) is 180 Å². The fourth-order valence-electron chi connectivity index (χ4n) is 7.13. The van der Waals surface area contributed by atoms with Crippen molar-refractivity contribution in [2.24, 2.45) is 9.98 Å². The molecule has 1 unspecified atom stereocenters. The molecule has 3 heterocycles. The third kappa shape index (κ3) is 4.82. The van der Waals surface area contributed by atoms with E-state index in [0.29, 0.717) is 5.84 Å². The van der Waals surface area contributed by atoms with Crippen molar-refractivity contribution in [3.63, 3.8) is 0 Å². The third-order valence-corrected chi connectivity index (χ3v) is 10.8. The van der Waals surface area contributed by atoms with Crippen molar-refractivity contribution in [2.75, 3.05) is 0 Å². The molecule has 0 fully saturated rings. The molecular formula is C45H29N3OS. The van der Waals surface area contributed by atoms with Crippen LogP contribution < -0.4 is 5.32 Å². The summed E-state index contributed by atoms with van der Waals surface area (Å²) in [5.41, 5.74) is 9.41. The molecule has 7 aromatic carbocycles. The molecule has 0 spiro atoms. The number of thiophene rings is 1. The Bertz CT molecular complexity index is 2780. The number of rotatable bonds is 5. The van der Waals surface area contributed by atoms with Crippen LogP contribution in [0.25, 0.3) is 64.4 Å². The summed E-state index contributed by atoms with van der Waals surface area (Å²) in [4.78, 5) is 10.3. The molecule has 0 amide bonds. The highest BCUT2D eigenvalue weighted by Crippen LogP contribution is 2.42. The van der Waals surface area contributed by atoms with E-state index in [9.17, 15) is 0 Å². The van der Waals surface area contributed by atoms with E-state index in [1.54, 1.807) is 0 Å². The summed E-state index contributed by atoms with van der Waals surface area (Å²) < 4.78 is 9.07. The topological polar surface area (TPSA) is 49.9 Å². The van der Waals surface area contributed by atoms with Crippen LogP contribution in [0.3, 0.4) is 0 Å².